The molecule has 0 rings (SSSR count). The molecule has 0 heterocycles. The molecule has 0 aliphatic carbocycles. The van der Waals surface area contributed by atoms with Crippen LogP contribution in [-0.4, -0.2) is 29.4 Å². The molecule has 0 N–H and O–H groups in total. The highest BCUT2D eigenvalue weighted by Gasteiger charge is 2.25. The largest absolute Gasteiger partial charge is 0.509 e. The van der Waals surface area contributed by atoms with E-state index >= 15 is 0 Å². The van der Waals surface area contributed by atoms with Crippen molar-refractivity contribution in [2.75, 3.05) is 0 Å². The molecule has 0 aromatic carbocycles. The van der Waals surface area contributed by atoms with E-state index in [4.69, 9.17) is 14.2 Å². The van der Waals surface area contributed by atoms with E-state index in [9.17, 15) is 9.59 Å². The third-order valence-electron chi connectivity index (χ3n) is 1.90. The van der Waals surface area contributed by atoms with Crippen molar-refractivity contribution in [3.05, 3.63) is 12.7 Å². The summed E-state index contributed by atoms with van der Waals surface area (Å²) in [5.41, 5.74) is -1.20. The monoisotopic (exact) mass is 286 g/mol. The molecular formula is C15H26O5. The molecule has 0 unspecified atom stereocenters. The average molecular weight is 286 g/mol. The van der Waals surface area contributed by atoms with Crippen molar-refractivity contribution in [2.24, 2.45) is 0 Å². The van der Waals surface area contributed by atoms with Gasteiger partial charge in [-0.1, -0.05) is 6.08 Å². The van der Waals surface area contributed by atoms with Crippen LogP contribution >= 0.6 is 0 Å². The minimum Gasteiger partial charge on any atom is -0.460 e. The van der Waals surface area contributed by atoms with Gasteiger partial charge in [0.15, 0.2) is 0 Å². The molecule has 0 aliphatic heterocycles. The number of ether oxygens (including phenoxy) is 3. The van der Waals surface area contributed by atoms with Gasteiger partial charge in [0.05, 0.1) is 6.42 Å². The van der Waals surface area contributed by atoms with Crippen molar-refractivity contribution in [1.29, 1.82) is 0 Å². The molecule has 20 heavy (non-hydrogen) atoms. The lowest BCUT2D eigenvalue weighted by atomic mass is 10.1. The van der Waals surface area contributed by atoms with Gasteiger partial charge < -0.3 is 14.2 Å². The number of carbonyl (C=O) groups is 2. The molecule has 0 amide bonds. The lowest BCUT2D eigenvalue weighted by Gasteiger charge is -2.23. The van der Waals surface area contributed by atoms with Gasteiger partial charge in [-0.2, -0.15) is 0 Å². The lowest BCUT2D eigenvalue weighted by Crippen LogP contribution is -2.31. The molecule has 1 atom stereocenters. The Balaban J connectivity index is 4.47. The van der Waals surface area contributed by atoms with E-state index in [2.05, 4.69) is 6.58 Å². The maximum absolute atomic E-state index is 11.7. The minimum absolute atomic E-state index is 0.0253. The van der Waals surface area contributed by atoms with Crippen LogP contribution in [0.2, 0.25) is 0 Å². The molecule has 0 fully saturated rings. The first kappa shape index (κ1) is 18.5. The predicted molar refractivity (Wildman–Crippen MR) is 76.4 cm³/mol. The number of rotatable bonds is 5. The van der Waals surface area contributed by atoms with Crippen molar-refractivity contribution >= 4 is 12.1 Å². The van der Waals surface area contributed by atoms with Crippen LogP contribution in [0.5, 0.6) is 0 Å². The third kappa shape index (κ3) is 10.4. The van der Waals surface area contributed by atoms with E-state index in [0.717, 1.165) is 0 Å². The highest BCUT2D eigenvalue weighted by atomic mass is 16.7. The number of esters is 1. The molecule has 0 aliphatic rings. The van der Waals surface area contributed by atoms with Gasteiger partial charge in [-0.25, -0.2) is 4.79 Å². The first-order valence-corrected chi connectivity index (χ1v) is 6.65. The Hall–Kier alpha value is -1.52. The van der Waals surface area contributed by atoms with Crippen molar-refractivity contribution in [3.63, 3.8) is 0 Å². The summed E-state index contributed by atoms with van der Waals surface area (Å²) < 4.78 is 15.4. The predicted octanol–water partition coefficient (Wildman–Crippen LogP) is 3.61. The SMILES string of the molecule is C=CC[C@H](CC(=O)OC(C)(C)C)OC(=O)OC(C)(C)C. The number of hydrogen-bond donors (Lipinski definition) is 0. The molecule has 0 saturated carbocycles. The van der Waals surface area contributed by atoms with Crippen LogP contribution in [0.25, 0.3) is 0 Å². The molecule has 5 nitrogen and oxygen atoms in total. The summed E-state index contributed by atoms with van der Waals surface area (Å²) in [4.78, 5) is 23.3. The number of carbonyl (C=O) groups excluding carboxylic acids is 2. The van der Waals surface area contributed by atoms with Gasteiger partial charge in [0.25, 0.3) is 0 Å². The normalized spacial score (nSPS) is 13.3. The fourth-order valence-corrected chi connectivity index (χ4v) is 1.34. The maximum Gasteiger partial charge on any atom is 0.509 e. The second-order valence-electron chi connectivity index (χ2n) is 6.52. The van der Waals surface area contributed by atoms with E-state index in [1.165, 1.54) is 0 Å². The van der Waals surface area contributed by atoms with E-state index < -0.39 is 29.4 Å². The summed E-state index contributed by atoms with van der Waals surface area (Å²) in [6.07, 6.45) is 0.491. The van der Waals surface area contributed by atoms with Gasteiger partial charge in [-0.15, -0.1) is 6.58 Å². The molecular weight excluding hydrogens is 260 g/mol. The molecule has 116 valence electrons. The van der Waals surface area contributed by atoms with Gasteiger partial charge in [-0.05, 0) is 41.5 Å². The Kier molecular flexibility index (Phi) is 6.76. The highest BCUT2D eigenvalue weighted by Crippen LogP contribution is 2.15. The molecule has 0 aromatic heterocycles. The zero-order valence-corrected chi connectivity index (χ0v) is 13.3. The molecule has 0 saturated heterocycles. The Morgan fingerprint density at radius 3 is 1.95 bits per heavy atom. The first-order chi connectivity index (χ1) is 8.93. The molecule has 5 heteroatoms. The summed E-state index contributed by atoms with van der Waals surface area (Å²) in [5.74, 6) is -0.423. The van der Waals surface area contributed by atoms with Crippen molar-refractivity contribution < 1.29 is 23.8 Å². The summed E-state index contributed by atoms with van der Waals surface area (Å²) in [5, 5.41) is 0. The van der Waals surface area contributed by atoms with Crippen LogP contribution in [0.15, 0.2) is 12.7 Å². The first-order valence-electron chi connectivity index (χ1n) is 6.65. The van der Waals surface area contributed by atoms with Gasteiger partial charge >= 0.3 is 12.1 Å². The van der Waals surface area contributed by atoms with E-state index in [1.807, 2.05) is 0 Å². The minimum atomic E-state index is -0.798. The van der Waals surface area contributed by atoms with Crippen LogP contribution in [0, 0.1) is 0 Å². The quantitative estimate of drug-likeness (QED) is 0.570. The van der Waals surface area contributed by atoms with Crippen LogP contribution < -0.4 is 0 Å². The van der Waals surface area contributed by atoms with E-state index in [0.29, 0.717) is 6.42 Å². The fourth-order valence-electron chi connectivity index (χ4n) is 1.34. The zero-order chi connectivity index (χ0) is 16.0. The zero-order valence-electron chi connectivity index (χ0n) is 13.3. The smallest absolute Gasteiger partial charge is 0.460 e. The Labute approximate surface area is 121 Å². The standard InChI is InChI=1S/C15H26O5/c1-8-9-11(10-12(16)19-14(2,3)4)18-13(17)20-15(5,6)7/h8,11H,1,9-10H2,2-7H3/t11-/m1/s1. The van der Waals surface area contributed by atoms with Crippen LogP contribution in [-0.2, 0) is 19.0 Å². The van der Waals surface area contributed by atoms with Gasteiger partial charge in [0.1, 0.15) is 17.3 Å². The fraction of sp³-hybridized carbons (Fsp3) is 0.733. The van der Waals surface area contributed by atoms with Crippen LogP contribution in [0.3, 0.4) is 0 Å². The van der Waals surface area contributed by atoms with E-state index in [-0.39, 0.29) is 6.42 Å². The third-order valence-corrected chi connectivity index (χ3v) is 1.90. The second kappa shape index (κ2) is 7.31. The van der Waals surface area contributed by atoms with Crippen molar-refractivity contribution in [1.82, 2.24) is 0 Å². The van der Waals surface area contributed by atoms with Crippen LogP contribution in [0.1, 0.15) is 54.4 Å². The Morgan fingerprint density at radius 1 is 1.05 bits per heavy atom. The second-order valence-corrected chi connectivity index (χ2v) is 6.52. The van der Waals surface area contributed by atoms with Gasteiger partial charge in [-0.3, -0.25) is 4.79 Å². The Morgan fingerprint density at radius 2 is 1.55 bits per heavy atom. The summed E-state index contributed by atoms with van der Waals surface area (Å²) in [6.45, 7) is 14.1. The Bertz CT molecular complexity index is 316. The lowest BCUT2D eigenvalue weighted by molar-refractivity contribution is -0.157. The summed E-state index contributed by atoms with van der Waals surface area (Å²) in [7, 11) is 0. The number of hydrogen-bond acceptors (Lipinski definition) is 5. The van der Waals surface area contributed by atoms with E-state index in [1.54, 1.807) is 47.6 Å². The molecule has 0 radical (unpaired) electrons. The van der Waals surface area contributed by atoms with Gasteiger partial charge in [0, 0.05) is 6.42 Å². The summed E-state index contributed by atoms with van der Waals surface area (Å²) >= 11 is 0. The highest BCUT2D eigenvalue weighted by molar-refractivity contribution is 5.71. The van der Waals surface area contributed by atoms with Gasteiger partial charge in [0.2, 0.25) is 0 Å². The molecule has 0 aromatic rings. The van der Waals surface area contributed by atoms with Crippen LogP contribution in [0.4, 0.5) is 4.79 Å². The summed E-state index contributed by atoms with van der Waals surface area (Å²) in [6, 6.07) is 0. The molecule has 0 bridgehead atoms. The topological polar surface area (TPSA) is 61.8 Å². The average Bonchev–Trinajstić information content (AvgIpc) is 2.10. The maximum atomic E-state index is 11.7. The van der Waals surface area contributed by atoms with Crippen molar-refractivity contribution in [2.45, 2.75) is 71.7 Å². The van der Waals surface area contributed by atoms with Crippen molar-refractivity contribution in [3.8, 4) is 0 Å². The molecule has 0 spiro atoms.